The molecule has 2 fully saturated rings. The van der Waals surface area contributed by atoms with Gasteiger partial charge in [0.1, 0.15) is 0 Å². The van der Waals surface area contributed by atoms with Crippen LogP contribution in [0.25, 0.3) is 0 Å². The van der Waals surface area contributed by atoms with Crippen molar-refractivity contribution in [1.82, 2.24) is 15.2 Å². The molecule has 2 saturated heterocycles. The van der Waals surface area contributed by atoms with Crippen molar-refractivity contribution < 1.29 is 9.59 Å². The Morgan fingerprint density at radius 3 is 2.91 bits per heavy atom. The first kappa shape index (κ1) is 15.7. The number of H-pyrrole nitrogens is 1. The molecular formula is C15H21N3O2S2. The first-order valence-electron chi connectivity index (χ1n) is 7.79. The molecule has 2 aliphatic rings. The molecule has 0 spiro atoms. The summed E-state index contributed by atoms with van der Waals surface area (Å²) in [7, 11) is 0. The zero-order chi connectivity index (χ0) is 15.7. The van der Waals surface area contributed by atoms with Crippen molar-refractivity contribution in [3.63, 3.8) is 0 Å². The molecule has 0 aliphatic carbocycles. The maximum absolute atomic E-state index is 12.8. The van der Waals surface area contributed by atoms with Gasteiger partial charge in [-0.05, 0) is 38.4 Å². The summed E-state index contributed by atoms with van der Waals surface area (Å²) in [5.41, 5.74) is 0.995. The Balaban J connectivity index is 1.72. The van der Waals surface area contributed by atoms with Gasteiger partial charge in [-0.3, -0.25) is 9.59 Å². The van der Waals surface area contributed by atoms with Crippen molar-refractivity contribution in [2.75, 3.05) is 13.1 Å². The van der Waals surface area contributed by atoms with Crippen LogP contribution in [0, 0.1) is 16.8 Å². The highest BCUT2D eigenvalue weighted by Crippen LogP contribution is 2.28. The van der Waals surface area contributed by atoms with E-state index in [4.69, 9.17) is 12.2 Å². The normalized spacial score (nSPS) is 25.3. The Kier molecular flexibility index (Phi) is 4.63. The molecule has 0 bridgehead atoms. The van der Waals surface area contributed by atoms with E-state index in [0.717, 1.165) is 40.3 Å². The lowest BCUT2D eigenvalue weighted by Crippen LogP contribution is -2.48. The van der Waals surface area contributed by atoms with E-state index in [0.29, 0.717) is 19.4 Å². The van der Waals surface area contributed by atoms with Gasteiger partial charge in [-0.2, -0.15) is 0 Å². The molecule has 0 unspecified atom stereocenters. The number of aromatic nitrogens is 1. The molecule has 2 aliphatic heterocycles. The van der Waals surface area contributed by atoms with Gasteiger partial charge in [-0.25, -0.2) is 0 Å². The van der Waals surface area contributed by atoms with Gasteiger partial charge in [0.15, 0.2) is 3.95 Å². The largest absolute Gasteiger partial charge is 0.356 e. The van der Waals surface area contributed by atoms with Crippen LogP contribution >= 0.6 is 23.6 Å². The predicted molar refractivity (Wildman–Crippen MR) is 88.4 cm³/mol. The number of rotatable bonds is 3. The molecule has 2 N–H and O–H groups in total. The number of aryl methyl sites for hydroxylation is 1. The van der Waals surface area contributed by atoms with E-state index in [1.165, 1.54) is 11.3 Å². The van der Waals surface area contributed by atoms with Crippen molar-refractivity contribution in [1.29, 1.82) is 0 Å². The minimum Gasteiger partial charge on any atom is -0.356 e. The third-order valence-corrected chi connectivity index (χ3v) is 5.99. The Morgan fingerprint density at radius 2 is 2.27 bits per heavy atom. The summed E-state index contributed by atoms with van der Waals surface area (Å²) in [5, 5.41) is 2.89. The molecule has 0 radical (unpaired) electrons. The molecule has 3 rings (SSSR count). The molecule has 3 heterocycles. The van der Waals surface area contributed by atoms with E-state index in [1.54, 1.807) is 0 Å². The Morgan fingerprint density at radius 1 is 1.45 bits per heavy atom. The van der Waals surface area contributed by atoms with Crippen molar-refractivity contribution in [3.05, 3.63) is 14.5 Å². The molecule has 5 nitrogen and oxygen atoms in total. The fourth-order valence-corrected chi connectivity index (χ4v) is 4.78. The molecule has 120 valence electrons. The predicted octanol–water partition coefficient (Wildman–Crippen LogP) is 2.17. The van der Waals surface area contributed by atoms with Crippen molar-refractivity contribution in [2.45, 2.75) is 45.1 Å². The number of aromatic amines is 1. The molecule has 2 atom stereocenters. The second-order valence-corrected chi connectivity index (χ2v) is 7.93. The number of likely N-dealkylation sites (tertiary alicyclic amines) is 1. The lowest BCUT2D eigenvalue weighted by molar-refractivity contribution is -0.135. The molecule has 1 aromatic rings. The summed E-state index contributed by atoms with van der Waals surface area (Å²) in [6, 6.07) is 0.201. The van der Waals surface area contributed by atoms with Gasteiger partial charge < -0.3 is 15.2 Å². The zero-order valence-corrected chi connectivity index (χ0v) is 14.3. The van der Waals surface area contributed by atoms with Crippen molar-refractivity contribution in [2.24, 2.45) is 5.92 Å². The van der Waals surface area contributed by atoms with Crippen LogP contribution in [0.1, 0.15) is 36.3 Å². The Hall–Kier alpha value is -1.21. The average molecular weight is 339 g/mol. The smallest absolute Gasteiger partial charge is 0.228 e. The van der Waals surface area contributed by atoms with Gasteiger partial charge in [-0.15, -0.1) is 11.3 Å². The van der Waals surface area contributed by atoms with Crippen LogP contribution in [0.5, 0.6) is 0 Å². The van der Waals surface area contributed by atoms with E-state index in [9.17, 15) is 9.59 Å². The van der Waals surface area contributed by atoms with Gasteiger partial charge in [0, 0.05) is 42.0 Å². The maximum atomic E-state index is 12.8. The molecule has 7 heteroatoms. The second kappa shape index (κ2) is 6.50. The number of carbonyl (C=O) groups excluding carboxylic acids is 2. The van der Waals surface area contributed by atoms with Crippen LogP contribution < -0.4 is 5.32 Å². The summed E-state index contributed by atoms with van der Waals surface area (Å²) in [6.45, 7) is 3.47. The molecule has 22 heavy (non-hydrogen) atoms. The minimum atomic E-state index is 0.113. The monoisotopic (exact) mass is 339 g/mol. The average Bonchev–Trinajstić information content (AvgIpc) is 3.05. The van der Waals surface area contributed by atoms with Crippen LogP contribution in [-0.4, -0.2) is 40.8 Å². The number of nitrogens with zero attached hydrogens (tertiary/aromatic N) is 1. The number of carbonyl (C=O) groups is 2. The summed E-state index contributed by atoms with van der Waals surface area (Å²) in [4.78, 5) is 30.4. The summed E-state index contributed by atoms with van der Waals surface area (Å²) in [5.74, 6) is 0.544. The standard InChI is InChI=1S/C15H21N3O2S2/c1-9-12(22-15(21)17-9)7-14(20)18-5-3-2-4-11(18)10-6-13(19)16-8-10/h10-11H,2-8H2,1H3,(H,16,19)(H,17,21)/t10-,11-/m1/s1. The Bertz CT molecular complexity index is 637. The van der Waals surface area contributed by atoms with Crippen LogP contribution in [0.4, 0.5) is 0 Å². The first-order valence-corrected chi connectivity index (χ1v) is 9.02. The lowest BCUT2D eigenvalue weighted by atomic mass is 9.89. The van der Waals surface area contributed by atoms with Crippen molar-refractivity contribution >= 4 is 35.4 Å². The lowest BCUT2D eigenvalue weighted by Gasteiger charge is -2.39. The number of nitrogens with one attached hydrogen (secondary N) is 2. The summed E-state index contributed by atoms with van der Waals surface area (Å²) >= 11 is 6.63. The van der Waals surface area contributed by atoms with Crippen molar-refractivity contribution in [3.8, 4) is 0 Å². The Labute approximate surface area is 139 Å². The van der Waals surface area contributed by atoms with E-state index in [2.05, 4.69) is 10.3 Å². The molecule has 0 saturated carbocycles. The summed E-state index contributed by atoms with van der Waals surface area (Å²) in [6.07, 6.45) is 4.16. The van der Waals surface area contributed by atoms with Gasteiger partial charge in [0.05, 0.1) is 6.42 Å². The van der Waals surface area contributed by atoms with E-state index < -0.39 is 0 Å². The van der Waals surface area contributed by atoms with E-state index in [-0.39, 0.29) is 23.8 Å². The number of hydrogen-bond acceptors (Lipinski definition) is 4. The highest BCUT2D eigenvalue weighted by molar-refractivity contribution is 7.73. The van der Waals surface area contributed by atoms with Crippen LogP contribution in [0.2, 0.25) is 0 Å². The molecule has 0 aromatic carbocycles. The zero-order valence-electron chi connectivity index (χ0n) is 12.7. The summed E-state index contributed by atoms with van der Waals surface area (Å²) < 4.78 is 0.723. The highest BCUT2D eigenvalue weighted by atomic mass is 32.1. The third kappa shape index (κ3) is 3.25. The molecule has 1 aromatic heterocycles. The fourth-order valence-electron chi connectivity index (χ4n) is 3.50. The van der Waals surface area contributed by atoms with Gasteiger partial charge in [-0.1, -0.05) is 0 Å². The maximum Gasteiger partial charge on any atom is 0.228 e. The number of thiazole rings is 1. The quantitative estimate of drug-likeness (QED) is 0.830. The number of hydrogen-bond donors (Lipinski definition) is 2. The van der Waals surface area contributed by atoms with Gasteiger partial charge in [0.25, 0.3) is 0 Å². The number of piperidine rings is 1. The topological polar surface area (TPSA) is 65.2 Å². The molecule has 2 amide bonds. The first-order chi connectivity index (χ1) is 10.5. The van der Waals surface area contributed by atoms with Crippen LogP contribution in [-0.2, 0) is 16.0 Å². The number of amides is 2. The second-order valence-electron chi connectivity index (χ2n) is 6.16. The van der Waals surface area contributed by atoms with E-state index in [1.807, 2.05) is 11.8 Å². The molecular weight excluding hydrogens is 318 g/mol. The van der Waals surface area contributed by atoms with E-state index >= 15 is 0 Å². The minimum absolute atomic E-state index is 0.113. The van der Waals surface area contributed by atoms with Crippen LogP contribution in [0.3, 0.4) is 0 Å². The van der Waals surface area contributed by atoms with Gasteiger partial charge >= 0.3 is 0 Å². The van der Waals surface area contributed by atoms with Gasteiger partial charge in [0.2, 0.25) is 11.8 Å². The fraction of sp³-hybridized carbons (Fsp3) is 0.667. The third-order valence-electron chi connectivity index (χ3n) is 4.66. The SMILES string of the molecule is Cc1[nH]c(=S)sc1CC(=O)N1CCCC[C@@H]1[C@H]1CNC(=O)C1. The van der Waals surface area contributed by atoms with Crippen LogP contribution in [0.15, 0.2) is 0 Å². The highest BCUT2D eigenvalue weighted by Gasteiger charge is 2.36.